The van der Waals surface area contributed by atoms with E-state index in [-0.39, 0.29) is 39.9 Å². The van der Waals surface area contributed by atoms with Crippen molar-refractivity contribution in [2.45, 2.75) is 6.10 Å². The van der Waals surface area contributed by atoms with Gasteiger partial charge >= 0.3 is 5.97 Å². The van der Waals surface area contributed by atoms with Crippen LogP contribution in [0.4, 0.5) is 0 Å². The maximum absolute atomic E-state index is 12.8. The van der Waals surface area contributed by atoms with Gasteiger partial charge in [0.1, 0.15) is 0 Å². The van der Waals surface area contributed by atoms with Crippen molar-refractivity contribution in [1.82, 2.24) is 0 Å². The summed E-state index contributed by atoms with van der Waals surface area (Å²) in [6, 6.07) is 6.43. The van der Waals surface area contributed by atoms with Gasteiger partial charge < -0.3 is 34.3 Å². The first-order chi connectivity index (χ1) is 13.4. The van der Waals surface area contributed by atoms with Crippen LogP contribution in [0.5, 0.6) is 28.7 Å². The van der Waals surface area contributed by atoms with E-state index in [0.717, 1.165) is 0 Å². The van der Waals surface area contributed by atoms with Gasteiger partial charge in [-0.05, 0) is 30.3 Å². The zero-order valence-corrected chi connectivity index (χ0v) is 15.5. The number of ether oxygens (including phenoxy) is 4. The normalized spacial score (nSPS) is 11.4. The molecule has 150 valence electrons. The van der Waals surface area contributed by atoms with Crippen molar-refractivity contribution in [3.05, 3.63) is 41.5 Å². The second-order valence-corrected chi connectivity index (χ2v) is 5.55. The summed E-state index contributed by atoms with van der Waals surface area (Å²) in [6.07, 6.45) is -1.32. The molecule has 2 aromatic rings. The second kappa shape index (κ2) is 8.96. The molecule has 9 nitrogen and oxygen atoms in total. The van der Waals surface area contributed by atoms with Gasteiger partial charge in [0, 0.05) is 5.56 Å². The van der Waals surface area contributed by atoms with Crippen LogP contribution in [0.25, 0.3) is 0 Å². The van der Waals surface area contributed by atoms with E-state index in [9.17, 15) is 19.8 Å². The van der Waals surface area contributed by atoms with E-state index in [0.29, 0.717) is 0 Å². The molecule has 1 atom stereocenters. The number of aliphatic hydroxyl groups excluding tert-OH is 1. The number of aromatic carboxylic acids is 1. The van der Waals surface area contributed by atoms with Gasteiger partial charge in [-0.1, -0.05) is 0 Å². The molecule has 0 spiro atoms. The first-order valence-electron chi connectivity index (χ1n) is 8.04. The molecule has 0 saturated carbocycles. The number of aliphatic hydroxyl groups is 1. The van der Waals surface area contributed by atoms with Crippen molar-refractivity contribution >= 4 is 11.8 Å². The maximum atomic E-state index is 12.8. The number of aromatic hydroxyl groups is 1. The number of methoxy groups -OCH3 is 3. The van der Waals surface area contributed by atoms with Crippen LogP contribution in [-0.4, -0.2) is 61.1 Å². The van der Waals surface area contributed by atoms with Gasteiger partial charge in [0.25, 0.3) is 0 Å². The number of phenolic OH excluding ortho intramolecular Hbond substituents is 1. The van der Waals surface area contributed by atoms with E-state index in [2.05, 4.69) is 0 Å². The number of carbonyl (C=O) groups excluding carboxylic acids is 1. The third-order valence-electron chi connectivity index (χ3n) is 3.90. The number of carboxylic acid groups (broad SMARTS) is 1. The Labute approximate surface area is 160 Å². The number of Topliss-reactive ketones (excluding diaryl/α,β-unsaturated/α-hetero) is 1. The van der Waals surface area contributed by atoms with Crippen molar-refractivity contribution < 1.29 is 43.9 Å². The van der Waals surface area contributed by atoms with Gasteiger partial charge in [0.15, 0.2) is 29.1 Å². The fourth-order valence-corrected chi connectivity index (χ4v) is 2.45. The maximum Gasteiger partial charge on any atom is 0.335 e. The molecule has 0 fully saturated rings. The first-order valence-corrected chi connectivity index (χ1v) is 8.04. The molecular formula is C19H20O9. The Hall–Kier alpha value is -3.46. The third-order valence-corrected chi connectivity index (χ3v) is 3.90. The molecule has 0 unspecified atom stereocenters. The Morgan fingerprint density at radius 3 is 1.89 bits per heavy atom. The lowest BCUT2D eigenvalue weighted by molar-refractivity contribution is 0.0646. The molecule has 2 rings (SSSR count). The Morgan fingerprint density at radius 1 is 0.893 bits per heavy atom. The summed E-state index contributed by atoms with van der Waals surface area (Å²) in [6.45, 7) is -0.659. The standard InChI is InChI=1S/C19H20O9/c1-25-13-6-10(19(23)24)4-5-12(13)28-16(9-20)17(21)11-7-14(26-2)18(22)15(8-11)27-3/h4-8,16,20,22H,9H2,1-3H3,(H,23,24)/t16-/m0/s1. The molecule has 0 aliphatic carbocycles. The number of ketones is 1. The molecule has 0 aliphatic heterocycles. The number of rotatable bonds is 9. The van der Waals surface area contributed by atoms with E-state index in [1.807, 2.05) is 0 Å². The molecule has 0 saturated heterocycles. The fraction of sp³-hybridized carbons (Fsp3) is 0.263. The first kappa shape index (κ1) is 20.8. The monoisotopic (exact) mass is 392 g/mol. The van der Waals surface area contributed by atoms with E-state index in [1.165, 1.54) is 51.7 Å². The predicted octanol–water partition coefficient (Wildman–Crippen LogP) is 1.74. The molecule has 0 aliphatic rings. The van der Waals surface area contributed by atoms with Crippen LogP contribution in [0.3, 0.4) is 0 Å². The van der Waals surface area contributed by atoms with Crippen molar-refractivity contribution in [3.8, 4) is 28.7 Å². The van der Waals surface area contributed by atoms with Crippen LogP contribution in [0.1, 0.15) is 20.7 Å². The molecule has 3 N–H and O–H groups in total. The average molecular weight is 392 g/mol. The van der Waals surface area contributed by atoms with Crippen LogP contribution in [-0.2, 0) is 0 Å². The highest BCUT2D eigenvalue weighted by molar-refractivity contribution is 6.01. The minimum Gasteiger partial charge on any atom is -0.502 e. The van der Waals surface area contributed by atoms with E-state index >= 15 is 0 Å². The molecule has 0 amide bonds. The van der Waals surface area contributed by atoms with Crippen LogP contribution < -0.4 is 18.9 Å². The lowest BCUT2D eigenvalue weighted by Crippen LogP contribution is -2.31. The van der Waals surface area contributed by atoms with Gasteiger partial charge in [-0.15, -0.1) is 0 Å². The van der Waals surface area contributed by atoms with Gasteiger partial charge in [-0.25, -0.2) is 4.79 Å². The second-order valence-electron chi connectivity index (χ2n) is 5.55. The summed E-state index contributed by atoms with van der Waals surface area (Å²) in [5, 5.41) is 28.6. The Morgan fingerprint density at radius 2 is 1.43 bits per heavy atom. The minimum atomic E-state index is -1.32. The Balaban J connectivity index is 2.36. The summed E-state index contributed by atoms with van der Waals surface area (Å²) in [5.41, 5.74) is 0.0516. The lowest BCUT2D eigenvalue weighted by atomic mass is 10.0. The van der Waals surface area contributed by atoms with Crippen molar-refractivity contribution in [2.75, 3.05) is 27.9 Å². The molecule has 28 heavy (non-hydrogen) atoms. The van der Waals surface area contributed by atoms with Gasteiger partial charge in [0.2, 0.25) is 11.5 Å². The summed E-state index contributed by atoms with van der Waals surface area (Å²) in [4.78, 5) is 23.9. The number of benzene rings is 2. The smallest absolute Gasteiger partial charge is 0.335 e. The van der Waals surface area contributed by atoms with Gasteiger partial charge in [-0.3, -0.25) is 4.79 Å². The molecular weight excluding hydrogens is 372 g/mol. The molecule has 0 bridgehead atoms. The van der Waals surface area contributed by atoms with E-state index in [1.54, 1.807) is 0 Å². The highest BCUT2D eigenvalue weighted by Crippen LogP contribution is 2.37. The fourth-order valence-electron chi connectivity index (χ4n) is 2.45. The zero-order valence-electron chi connectivity index (χ0n) is 15.5. The van der Waals surface area contributed by atoms with Crippen molar-refractivity contribution in [2.24, 2.45) is 0 Å². The van der Waals surface area contributed by atoms with Crippen molar-refractivity contribution in [3.63, 3.8) is 0 Å². The Kier molecular flexibility index (Phi) is 6.67. The summed E-state index contributed by atoms with van der Waals surface area (Å²) < 4.78 is 20.7. The van der Waals surface area contributed by atoms with Crippen LogP contribution in [0.2, 0.25) is 0 Å². The number of phenols is 1. The lowest BCUT2D eigenvalue weighted by Gasteiger charge is -2.19. The van der Waals surface area contributed by atoms with Gasteiger partial charge in [-0.2, -0.15) is 0 Å². The molecule has 0 heterocycles. The Bertz CT molecular complexity index is 851. The predicted molar refractivity (Wildman–Crippen MR) is 97.0 cm³/mol. The number of hydrogen-bond acceptors (Lipinski definition) is 8. The highest BCUT2D eigenvalue weighted by Gasteiger charge is 2.25. The summed E-state index contributed by atoms with van der Waals surface area (Å²) in [5.74, 6) is -1.82. The van der Waals surface area contributed by atoms with E-state index < -0.39 is 24.5 Å². The number of carbonyl (C=O) groups is 2. The molecule has 9 heteroatoms. The minimum absolute atomic E-state index is 0.0165. The highest BCUT2D eigenvalue weighted by atomic mass is 16.5. The van der Waals surface area contributed by atoms with Crippen molar-refractivity contribution in [1.29, 1.82) is 0 Å². The van der Waals surface area contributed by atoms with E-state index in [4.69, 9.17) is 24.1 Å². The quantitative estimate of drug-likeness (QED) is 0.546. The van der Waals surface area contributed by atoms with Crippen LogP contribution in [0, 0.1) is 0 Å². The SMILES string of the molecule is COc1cc(C(=O)O)ccc1O[C@@H](CO)C(=O)c1cc(OC)c(O)c(OC)c1. The zero-order chi connectivity index (χ0) is 20.8. The van der Waals surface area contributed by atoms with Crippen LogP contribution in [0.15, 0.2) is 30.3 Å². The number of hydrogen-bond donors (Lipinski definition) is 3. The molecule has 0 aromatic heterocycles. The average Bonchev–Trinajstić information content (AvgIpc) is 2.71. The summed E-state index contributed by atoms with van der Waals surface area (Å²) >= 11 is 0. The summed E-state index contributed by atoms with van der Waals surface area (Å²) in [7, 11) is 3.95. The number of carboxylic acids is 1. The molecule has 0 radical (unpaired) electrons. The largest absolute Gasteiger partial charge is 0.502 e. The topological polar surface area (TPSA) is 132 Å². The molecule has 2 aromatic carbocycles. The van der Waals surface area contributed by atoms with Crippen LogP contribution >= 0.6 is 0 Å². The van der Waals surface area contributed by atoms with Gasteiger partial charge in [0.05, 0.1) is 33.5 Å². The third kappa shape index (κ3) is 4.26.